The number of guanidine groups is 1. The van der Waals surface area contributed by atoms with E-state index >= 15 is 0 Å². The Morgan fingerprint density at radius 3 is 2.70 bits per heavy atom. The normalized spacial score (nSPS) is 11.2. The van der Waals surface area contributed by atoms with Crippen LogP contribution in [0.3, 0.4) is 0 Å². The van der Waals surface area contributed by atoms with Crippen LogP contribution in [0.25, 0.3) is 0 Å². The third-order valence-corrected chi connectivity index (χ3v) is 3.62. The van der Waals surface area contributed by atoms with Gasteiger partial charge < -0.3 is 10.6 Å². The molecular weight excluding hydrogens is 266 g/mol. The van der Waals surface area contributed by atoms with Crippen LogP contribution in [0, 0.1) is 6.92 Å². The number of aliphatic imine (C=N–C) groups is 1. The number of benzene rings is 1. The van der Waals surface area contributed by atoms with Crippen molar-refractivity contribution in [3.8, 4) is 0 Å². The molecule has 2 N–H and O–H groups in total. The van der Waals surface area contributed by atoms with Crippen molar-refractivity contribution >= 4 is 17.7 Å². The van der Waals surface area contributed by atoms with E-state index in [4.69, 9.17) is 0 Å². The van der Waals surface area contributed by atoms with Gasteiger partial charge in [0.25, 0.3) is 0 Å². The van der Waals surface area contributed by atoms with Gasteiger partial charge in [0.1, 0.15) is 0 Å². The molecule has 0 fully saturated rings. The van der Waals surface area contributed by atoms with E-state index in [9.17, 15) is 0 Å². The Kier molecular flexibility index (Phi) is 8.63. The first-order valence-corrected chi connectivity index (χ1v) is 8.18. The number of rotatable bonds is 8. The summed E-state index contributed by atoms with van der Waals surface area (Å²) in [5.41, 5.74) is 2.51. The van der Waals surface area contributed by atoms with E-state index in [0.29, 0.717) is 6.54 Å². The lowest BCUT2D eigenvalue weighted by Crippen LogP contribution is -2.38. The van der Waals surface area contributed by atoms with Crippen molar-refractivity contribution in [3.05, 3.63) is 48.0 Å². The molecule has 0 spiro atoms. The predicted octanol–water partition coefficient (Wildman–Crippen LogP) is 2.97. The van der Waals surface area contributed by atoms with Gasteiger partial charge in [-0.05, 0) is 19.4 Å². The summed E-state index contributed by atoms with van der Waals surface area (Å²) in [6.45, 7) is 10.4. The zero-order valence-corrected chi connectivity index (χ0v) is 13.3. The minimum absolute atomic E-state index is 0.704. The van der Waals surface area contributed by atoms with E-state index < -0.39 is 0 Å². The molecule has 1 aromatic carbocycles. The van der Waals surface area contributed by atoms with Crippen molar-refractivity contribution in [2.75, 3.05) is 24.6 Å². The Morgan fingerprint density at radius 2 is 2.05 bits per heavy atom. The Labute approximate surface area is 127 Å². The highest BCUT2D eigenvalue weighted by molar-refractivity contribution is 7.99. The molecule has 0 amide bonds. The molecule has 20 heavy (non-hydrogen) atoms. The quantitative estimate of drug-likeness (QED) is 0.335. The van der Waals surface area contributed by atoms with E-state index in [1.807, 2.05) is 17.8 Å². The van der Waals surface area contributed by atoms with Gasteiger partial charge in [-0.25, -0.2) is 4.99 Å². The molecule has 110 valence electrons. The first-order chi connectivity index (χ1) is 9.76. The third kappa shape index (κ3) is 7.24. The summed E-state index contributed by atoms with van der Waals surface area (Å²) in [5.74, 6) is 2.94. The van der Waals surface area contributed by atoms with E-state index in [-0.39, 0.29) is 0 Å². The summed E-state index contributed by atoms with van der Waals surface area (Å²) in [7, 11) is 0. The molecule has 0 saturated heterocycles. The maximum Gasteiger partial charge on any atom is 0.191 e. The fraction of sp³-hybridized carbons (Fsp3) is 0.438. The number of nitrogens with zero attached hydrogens (tertiary/aromatic N) is 1. The maximum atomic E-state index is 4.60. The predicted molar refractivity (Wildman–Crippen MR) is 91.5 cm³/mol. The number of aryl methyl sites for hydroxylation is 1. The van der Waals surface area contributed by atoms with Crippen LogP contribution in [-0.4, -0.2) is 30.6 Å². The van der Waals surface area contributed by atoms with Crippen molar-refractivity contribution in [1.29, 1.82) is 0 Å². The molecule has 0 aromatic heterocycles. The van der Waals surface area contributed by atoms with Crippen LogP contribution in [0.5, 0.6) is 0 Å². The fourth-order valence-electron chi connectivity index (χ4n) is 1.61. The number of thioether (sulfide) groups is 1. The van der Waals surface area contributed by atoms with Gasteiger partial charge in [0, 0.05) is 24.6 Å². The first-order valence-electron chi connectivity index (χ1n) is 7.02. The molecule has 0 atom stereocenters. The monoisotopic (exact) mass is 291 g/mol. The Balaban J connectivity index is 2.41. The largest absolute Gasteiger partial charge is 0.357 e. The molecule has 0 radical (unpaired) electrons. The molecule has 1 aromatic rings. The van der Waals surface area contributed by atoms with E-state index in [1.54, 1.807) is 0 Å². The third-order valence-electron chi connectivity index (χ3n) is 2.66. The van der Waals surface area contributed by atoms with Gasteiger partial charge in [0.15, 0.2) is 5.96 Å². The highest BCUT2D eigenvalue weighted by Gasteiger charge is 1.97. The summed E-state index contributed by atoms with van der Waals surface area (Å²) >= 11 is 1.87. The Morgan fingerprint density at radius 1 is 1.30 bits per heavy atom. The average molecular weight is 291 g/mol. The molecule has 3 nitrogen and oxygen atoms in total. The van der Waals surface area contributed by atoms with Gasteiger partial charge in [0.2, 0.25) is 0 Å². The lowest BCUT2D eigenvalue weighted by Gasteiger charge is -2.11. The van der Waals surface area contributed by atoms with Crippen LogP contribution in [0.4, 0.5) is 0 Å². The van der Waals surface area contributed by atoms with Crippen LogP contribution >= 0.6 is 11.8 Å². The van der Waals surface area contributed by atoms with Gasteiger partial charge in [-0.1, -0.05) is 35.9 Å². The van der Waals surface area contributed by atoms with E-state index in [1.165, 1.54) is 11.1 Å². The second-order valence-corrected chi connectivity index (χ2v) is 5.62. The molecule has 0 aliphatic rings. The van der Waals surface area contributed by atoms with E-state index in [0.717, 1.165) is 30.6 Å². The molecule has 4 heteroatoms. The lowest BCUT2D eigenvalue weighted by atomic mass is 10.1. The molecule has 0 saturated carbocycles. The van der Waals surface area contributed by atoms with Crippen molar-refractivity contribution in [3.63, 3.8) is 0 Å². The van der Waals surface area contributed by atoms with Gasteiger partial charge >= 0.3 is 0 Å². The molecule has 0 bridgehead atoms. The minimum atomic E-state index is 0.704. The van der Waals surface area contributed by atoms with Gasteiger partial charge in [0.05, 0.1) is 6.54 Å². The van der Waals surface area contributed by atoms with Gasteiger partial charge in [-0.15, -0.1) is 6.58 Å². The van der Waals surface area contributed by atoms with Crippen LogP contribution < -0.4 is 10.6 Å². The van der Waals surface area contributed by atoms with Crippen LogP contribution in [0.15, 0.2) is 41.9 Å². The van der Waals surface area contributed by atoms with Crippen molar-refractivity contribution in [2.45, 2.75) is 20.4 Å². The molecule has 0 aliphatic carbocycles. The highest BCUT2D eigenvalue weighted by Crippen LogP contribution is 2.04. The summed E-state index contributed by atoms with van der Waals surface area (Å²) < 4.78 is 0. The fourth-order valence-corrected chi connectivity index (χ4v) is 2.19. The number of hydrogen-bond donors (Lipinski definition) is 2. The lowest BCUT2D eigenvalue weighted by molar-refractivity contribution is 0.843. The van der Waals surface area contributed by atoms with Crippen LogP contribution in [0.1, 0.15) is 18.1 Å². The number of hydrogen-bond acceptors (Lipinski definition) is 2. The van der Waals surface area contributed by atoms with Crippen molar-refractivity contribution < 1.29 is 0 Å². The summed E-state index contributed by atoms with van der Waals surface area (Å²) in [5, 5.41) is 6.61. The topological polar surface area (TPSA) is 36.4 Å². The van der Waals surface area contributed by atoms with Gasteiger partial charge in [-0.2, -0.15) is 11.8 Å². The minimum Gasteiger partial charge on any atom is -0.357 e. The zero-order chi connectivity index (χ0) is 14.6. The Hall–Kier alpha value is -1.42. The highest BCUT2D eigenvalue weighted by atomic mass is 32.2. The summed E-state index contributed by atoms with van der Waals surface area (Å²) in [4.78, 5) is 4.60. The molecule has 0 unspecified atom stereocenters. The van der Waals surface area contributed by atoms with Crippen LogP contribution in [0.2, 0.25) is 0 Å². The molecular formula is C16H25N3S. The van der Waals surface area contributed by atoms with Crippen molar-refractivity contribution in [1.82, 2.24) is 10.6 Å². The smallest absolute Gasteiger partial charge is 0.191 e. The molecule has 1 rings (SSSR count). The zero-order valence-electron chi connectivity index (χ0n) is 12.5. The summed E-state index contributed by atoms with van der Waals surface area (Å²) in [6, 6.07) is 8.50. The van der Waals surface area contributed by atoms with Gasteiger partial charge in [-0.3, -0.25) is 0 Å². The maximum absolute atomic E-state index is 4.60. The van der Waals surface area contributed by atoms with Crippen molar-refractivity contribution in [2.24, 2.45) is 4.99 Å². The number of nitrogens with one attached hydrogen (secondary N) is 2. The molecule has 0 aliphatic heterocycles. The average Bonchev–Trinajstić information content (AvgIpc) is 2.46. The van der Waals surface area contributed by atoms with E-state index in [2.05, 4.69) is 60.3 Å². The summed E-state index contributed by atoms with van der Waals surface area (Å²) in [6.07, 6.45) is 1.93. The van der Waals surface area contributed by atoms with Crippen LogP contribution in [-0.2, 0) is 6.54 Å². The second kappa shape index (κ2) is 10.4. The standard InChI is InChI=1S/C16H25N3S/c1-4-11-20-12-10-18-16(17-5-2)19-13-15-8-6-14(3)7-9-15/h4,6-9H,1,5,10-13H2,2-3H3,(H2,17,18,19). The SMILES string of the molecule is C=CCSCCNC(=NCc1ccc(C)cc1)NCC. The molecule has 0 heterocycles. The second-order valence-electron chi connectivity index (χ2n) is 4.47. The Bertz CT molecular complexity index is 412. The first kappa shape index (κ1) is 16.6.